The molecule has 1 aliphatic heterocycles. The van der Waals surface area contributed by atoms with E-state index in [9.17, 15) is 9.90 Å². The Morgan fingerprint density at radius 3 is 2.55 bits per heavy atom. The van der Waals surface area contributed by atoms with Gasteiger partial charge in [-0.15, -0.1) is 0 Å². The summed E-state index contributed by atoms with van der Waals surface area (Å²) in [4.78, 5) is 16.8. The van der Waals surface area contributed by atoms with Crippen molar-refractivity contribution in [2.75, 3.05) is 57.6 Å². The second-order valence-electron chi connectivity index (χ2n) is 8.29. The van der Waals surface area contributed by atoms with Gasteiger partial charge in [0.25, 0.3) is 0 Å². The van der Waals surface area contributed by atoms with E-state index in [4.69, 9.17) is 15.9 Å². The van der Waals surface area contributed by atoms with Crippen LogP contribution in [-0.4, -0.2) is 77.4 Å². The number of aromatic amines is 1. The second kappa shape index (κ2) is 9.47. The van der Waals surface area contributed by atoms with Crippen LogP contribution in [0.5, 0.6) is 5.75 Å². The molecule has 5 N–H and O–H groups in total. The van der Waals surface area contributed by atoms with Crippen molar-refractivity contribution in [2.45, 2.75) is 6.42 Å². The second-order valence-corrected chi connectivity index (χ2v) is 8.29. The van der Waals surface area contributed by atoms with E-state index in [1.54, 1.807) is 6.07 Å². The number of phenolic OH excluding ortho intramolecular Hbond substituents is 1. The summed E-state index contributed by atoms with van der Waals surface area (Å²) in [5, 5.41) is 25.7. The van der Waals surface area contributed by atoms with Gasteiger partial charge < -0.3 is 30.8 Å². The Morgan fingerprint density at radius 1 is 1.21 bits per heavy atom. The molecule has 4 rings (SSSR count). The summed E-state index contributed by atoms with van der Waals surface area (Å²) in [5.74, 6) is 0.139. The first kappa shape index (κ1) is 22.6. The molecule has 0 amide bonds. The van der Waals surface area contributed by atoms with Crippen LogP contribution in [0.1, 0.15) is 12.0 Å². The molecule has 1 aliphatic rings. The minimum Gasteiger partial charge on any atom is -0.507 e. The molecule has 1 aromatic heterocycles. The summed E-state index contributed by atoms with van der Waals surface area (Å²) in [6, 6.07) is 10.6. The van der Waals surface area contributed by atoms with E-state index in [1.807, 2.05) is 43.3 Å². The van der Waals surface area contributed by atoms with Crippen molar-refractivity contribution >= 4 is 17.1 Å². The highest BCUT2D eigenvalue weighted by atomic mass is 16.5. The molecule has 10 nitrogen and oxygen atoms in total. The Morgan fingerprint density at radius 2 is 1.88 bits per heavy atom. The van der Waals surface area contributed by atoms with Gasteiger partial charge in [-0.25, -0.2) is 14.5 Å². The number of aromatic nitrogens is 3. The third-order valence-electron chi connectivity index (χ3n) is 5.70. The number of aromatic hydroxyl groups is 1. The molecule has 174 valence electrons. The van der Waals surface area contributed by atoms with Gasteiger partial charge in [-0.2, -0.15) is 5.10 Å². The standard InChI is InChI=1S/C23H29N7O3/c1-28(2)8-7-19(24)17-13-18(21(31)14-20(17)25)22-26-27-23(32)30(22)16-5-3-15(4-6-16)29-9-11-33-12-10-29/h3-6,13-14,24,31H,7-12,25H2,1-2H3,(H,27,32). The maximum Gasteiger partial charge on any atom is 0.348 e. The molecule has 0 bridgehead atoms. The number of H-pyrrole nitrogens is 1. The quantitative estimate of drug-likeness (QED) is 0.317. The molecule has 0 unspecified atom stereocenters. The lowest BCUT2D eigenvalue weighted by atomic mass is 10.0. The van der Waals surface area contributed by atoms with Gasteiger partial charge in [-0.05, 0) is 44.4 Å². The summed E-state index contributed by atoms with van der Waals surface area (Å²) < 4.78 is 6.81. The van der Waals surface area contributed by atoms with Gasteiger partial charge in [-0.1, -0.05) is 0 Å². The first-order valence-electron chi connectivity index (χ1n) is 10.8. The highest BCUT2D eigenvalue weighted by molar-refractivity contribution is 6.04. The molecule has 2 aromatic carbocycles. The Balaban J connectivity index is 1.70. The summed E-state index contributed by atoms with van der Waals surface area (Å²) in [5.41, 5.74) is 8.81. The van der Waals surface area contributed by atoms with E-state index in [2.05, 4.69) is 15.1 Å². The van der Waals surface area contributed by atoms with Crippen molar-refractivity contribution in [2.24, 2.45) is 0 Å². The molecule has 0 spiro atoms. The molecule has 0 radical (unpaired) electrons. The minimum absolute atomic E-state index is 0.109. The molecule has 3 aromatic rings. The maximum absolute atomic E-state index is 12.6. The minimum atomic E-state index is -0.426. The lowest BCUT2D eigenvalue weighted by Crippen LogP contribution is -2.36. The van der Waals surface area contributed by atoms with Crippen molar-refractivity contribution < 1.29 is 9.84 Å². The monoisotopic (exact) mass is 451 g/mol. The number of nitrogen functional groups attached to an aromatic ring is 1. The van der Waals surface area contributed by atoms with Gasteiger partial charge in [0.1, 0.15) is 5.75 Å². The number of nitrogens with two attached hydrogens (primary N) is 1. The Bertz CT molecular complexity index is 1190. The van der Waals surface area contributed by atoms with Crippen molar-refractivity contribution in [1.29, 1.82) is 5.41 Å². The first-order chi connectivity index (χ1) is 15.8. The lowest BCUT2D eigenvalue weighted by molar-refractivity contribution is 0.122. The van der Waals surface area contributed by atoms with Crippen LogP contribution in [0.4, 0.5) is 11.4 Å². The number of ether oxygens (including phenoxy) is 1. The summed E-state index contributed by atoms with van der Waals surface area (Å²) in [6.45, 7) is 3.71. The molecule has 0 aliphatic carbocycles. The highest BCUT2D eigenvalue weighted by Gasteiger charge is 2.20. The Hall–Kier alpha value is -3.63. The van der Waals surface area contributed by atoms with Crippen LogP contribution < -0.4 is 16.3 Å². The summed E-state index contributed by atoms with van der Waals surface area (Å²) in [7, 11) is 3.87. The highest BCUT2D eigenvalue weighted by Crippen LogP contribution is 2.33. The Kier molecular flexibility index (Phi) is 6.47. The van der Waals surface area contributed by atoms with Crippen LogP contribution in [-0.2, 0) is 4.74 Å². The SMILES string of the molecule is CN(C)CCC(=N)c1cc(-c2n[nH]c(=O)n2-c2ccc(N3CCOCC3)cc2)c(O)cc1N. The van der Waals surface area contributed by atoms with E-state index in [-0.39, 0.29) is 11.6 Å². The van der Waals surface area contributed by atoms with Crippen LogP contribution >= 0.6 is 0 Å². The molecule has 2 heterocycles. The molecule has 1 saturated heterocycles. The van der Waals surface area contributed by atoms with Gasteiger partial charge in [0.05, 0.1) is 24.5 Å². The van der Waals surface area contributed by atoms with Gasteiger partial charge >= 0.3 is 5.69 Å². The topological polar surface area (TPSA) is 136 Å². The smallest absolute Gasteiger partial charge is 0.348 e. The zero-order chi connectivity index (χ0) is 23.5. The third kappa shape index (κ3) is 4.76. The normalized spacial score (nSPS) is 14.1. The predicted molar refractivity (Wildman–Crippen MR) is 129 cm³/mol. The number of benzene rings is 2. The van der Waals surface area contributed by atoms with Gasteiger partial charge in [0.15, 0.2) is 5.82 Å². The van der Waals surface area contributed by atoms with E-state index in [0.717, 1.165) is 18.8 Å². The van der Waals surface area contributed by atoms with Crippen LogP contribution in [0.2, 0.25) is 0 Å². The number of rotatable bonds is 7. The number of nitrogens with one attached hydrogen (secondary N) is 2. The molecule has 0 saturated carbocycles. The van der Waals surface area contributed by atoms with Crippen LogP contribution in [0.25, 0.3) is 17.1 Å². The van der Waals surface area contributed by atoms with Crippen molar-refractivity contribution in [3.63, 3.8) is 0 Å². The molecule has 10 heteroatoms. The van der Waals surface area contributed by atoms with Gasteiger partial charge in [0.2, 0.25) is 0 Å². The van der Waals surface area contributed by atoms with E-state index >= 15 is 0 Å². The first-order valence-corrected chi connectivity index (χ1v) is 10.8. The zero-order valence-electron chi connectivity index (χ0n) is 18.8. The van der Waals surface area contributed by atoms with Crippen molar-refractivity contribution in [3.8, 4) is 22.8 Å². The zero-order valence-corrected chi connectivity index (χ0v) is 18.8. The fourth-order valence-electron chi connectivity index (χ4n) is 3.87. The van der Waals surface area contributed by atoms with Crippen LogP contribution in [0.3, 0.4) is 0 Å². The van der Waals surface area contributed by atoms with E-state index < -0.39 is 5.69 Å². The number of morpholine rings is 1. The van der Waals surface area contributed by atoms with Gasteiger partial charge in [-0.3, -0.25) is 0 Å². The number of nitrogens with zero attached hydrogens (tertiary/aromatic N) is 4. The Labute approximate surface area is 191 Å². The van der Waals surface area contributed by atoms with Crippen molar-refractivity contribution in [3.05, 3.63) is 52.4 Å². The predicted octanol–water partition coefficient (Wildman–Crippen LogP) is 1.67. The number of hydrogen-bond acceptors (Lipinski definition) is 8. The average Bonchev–Trinajstić information content (AvgIpc) is 3.19. The van der Waals surface area contributed by atoms with Crippen LogP contribution in [0, 0.1) is 5.41 Å². The molecular weight excluding hydrogens is 422 g/mol. The van der Waals surface area contributed by atoms with E-state index in [1.165, 1.54) is 10.6 Å². The third-order valence-corrected chi connectivity index (χ3v) is 5.70. The van der Waals surface area contributed by atoms with Gasteiger partial charge in [0, 0.05) is 54.8 Å². The maximum atomic E-state index is 12.6. The lowest BCUT2D eigenvalue weighted by Gasteiger charge is -2.28. The van der Waals surface area contributed by atoms with Crippen molar-refractivity contribution in [1.82, 2.24) is 19.7 Å². The fraction of sp³-hybridized carbons (Fsp3) is 0.348. The molecule has 33 heavy (non-hydrogen) atoms. The number of hydrogen-bond donors (Lipinski definition) is 4. The van der Waals surface area contributed by atoms with Crippen LogP contribution in [0.15, 0.2) is 41.2 Å². The molecular formula is C23H29N7O3. The molecule has 1 fully saturated rings. The summed E-state index contributed by atoms with van der Waals surface area (Å²) >= 11 is 0. The number of phenols is 1. The fourth-order valence-corrected chi connectivity index (χ4v) is 3.87. The number of anilines is 2. The van der Waals surface area contributed by atoms with E-state index in [0.29, 0.717) is 54.4 Å². The summed E-state index contributed by atoms with van der Waals surface area (Å²) in [6.07, 6.45) is 0.498. The largest absolute Gasteiger partial charge is 0.507 e. The average molecular weight is 452 g/mol. The molecule has 0 atom stereocenters.